The number of amidine groups is 1. The first-order chi connectivity index (χ1) is 13.5. The lowest BCUT2D eigenvalue weighted by molar-refractivity contribution is 0.0973. The zero-order chi connectivity index (χ0) is 19.7. The van der Waals surface area contributed by atoms with Gasteiger partial charge in [-0.2, -0.15) is 0 Å². The average Bonchev–Trinajstić information content (AvgIpc) is 3.10. The standard InChI is InChI=1S/C22H19N5O/c23-18-3-1-2-16(10-18)14-4-6-15(7-5-14)21(28)12-27-13-26-19-11-17(22(24)25)8-9-20(19)27/h1-11,13H,12,23H2,(H3,24,25). The fourth-order valence-electron chi connectivity index (χ4n) is 3.17. The molecule has 6 nitrogen and oxygen atoms in total. The van der Waals surface area contributed by atoms with Crippen LogP contribution in [-0.4, -0.2) is 21.2 Å². The van der Waals surface area contributed by atoms with Crippen LogP contribution in [0.2, 0.25) is 0 Å². The van der Waals surface area contributed by atoms with Crippen molar-refractivity contribution in [2.45, 2.75) is 6.54 Å². The van der Waals surface area contributed by atoms with Crippen LogP contribution < -0.4 is 11.5 Å². The molecule has 0 aliphatic rings. The van der Waals surface area contributed by atoms with Gasteiger partial charge in [-0.15, -0.1) is 0 Å². The van der Waals surface area contributed by atoms with Crippen molar-refractivity contribution in [1.82, 2.24) is 9.55 Å². The Morgan fingerprint density at radius 3 is 2.43 bits per heavy atom. The van der Waals surface area contributed by atoms with Gasteiger partial charge < -0.3 is 16.0 Å². The van der Waals surface area contributed by atoms with Crippen molar-refractivity contribution in [1.29, 1.82) is 5.41 Å². The second-order valence-electron chi connectivity index (χ2n) is 6.62. The summed E-state index contributed by atoms with van der Waals surface area (Å²) in [4.78, 5) is 17.0. The molecule has 0 fully saturated rings. The molecule has 0 saturated heterocycles. The summed E-state index contributed by atoms with van der Waals surface area (Å²) >= 11 is 0. The van der Waals surface area contributed by atoms with Gasteiger partial charge in [0.15, 0.2) is 5.78 Å². The van der Waals surface area contributed by atoms with E-state index in [4.69, 9.17) is 16.9 Å². The number of imidazole rings is 1. The van der Waals surface area contributed by atoms with Crippen molar-refractivity contribution in [2.24, 2.45) is 5.73 Å². The number of benzene rings is 3. The largest absolute Gasteiger partial charge is 0.399 e. The molecule has 0 amide bonds. The summed E-state index contributed by atoms with van der Waals surface area (Å²) in [6.07, 6.45) is 1.63. The van der Waals surface area contributed by atoms with Gasteiger partial charge in [-0.25, -0.2) is 4.98 Å². The number of anilines is 1. The van der Waals surface area contributed by atoms with E-state index < -0.39 is 0 Å². The first-order valence-electron chi connectivity index (χ1n) is 8.80. The maximum absolute atomic E-state index is 12.7. The Bertz CT molecular complexity index is 1190. The van der Waals surface area contributed by atoms with E-state index in [1.165, 1.54) is 0 Å². The number of nitrogen functional groups attached to an aromatic ring is 2. The Morgan fingerprint density at radius 2 is 1.71 bits per heavy atom. The Balaban J connectivity index is 1.55. The highest BCUT2D eigenvalue weighted by molar-refractivity contribution is 5.99. The molecule has 4 aromatic rings. The molecule has 0 spiro atoms. The van der Waals surface area contributed by atoms with Gasteiger partial charge >= 0.3 is 0 Å². The summed E-state index contributed by atoms with van der Waals surface area (Å²) in [5.41, 5.74) is 16.9. The Hall–Kier alpha value is -3.93. The molecule has 0 radical (unpaired) electrons. The Morgan fingerprint density at radius 1 is 0.964 bits per heavy atom. The van der Waals surface area contributed by atoms with Crippen LogP contribution in [0.5, 0.6) is 0 Å². The summed E-state index contributed by atoms with van der Waals surface area (Å²) in [5, 5.41) is 7.52. The van der Waals surface area contributed by atoms with Gasteiger partial charge in [-0.05, 0) is 41.5 Å². The Kier molecular flexibility index (Phi) is 4.37. The third-order valence-corrected chi connectivity index (χ3v) is 4.67. The van der Waals surface area contributed by atoms with Crippen molar-refractivity contribution < 1.29 is 4.79 Å². The van der Waals surface area contributed by atoms with Gasteiger partial charge in [-0.3, -0.25) is 10.2 Å². The molecular weight excluding hydrogens is 350 g/mol. The van der Waals surface area contributed by atoms with E-state index in [1.54, 1.807) is 23.0 Å². The van der Waals surface area contributed by atoms with Crippen LogP contribution in [0.15, 0.2) is 73.1 Å². The van der Waals surface area contributed by atoms with Crippen molar-refractivity contribution in [3.63, 3.8) is 0 Å². The van der Waals surface area contributed by atoms with Gasteiger partial charge in [0.2, 0.25) is 0 Å². The summed E-state index contributed by atoms with van der Waals surface area (Å²) in [6.45, 7) is 0.188. The number of carbonyl (C=O) groups excluding carboxylic acids is 1. The van der Waals surface area contributed by atoms with Crippen LogP contribution in [0.3, 0.4) is 0 Å². The predicted molar refractivity (Wildman–Crippen MR) is 111 cm³/mol. The van der Waals surface area contributed by atoms with E-state index in [1.807, 2.05) is 54.6 Å². The molecule has 138 valence electrons. The zero-order valence-corrected chi connectivity index (χ0v) is 15.1. The van der Waals surface area contributed by atoms with E-state index in [-0.39, 0.29) is 18.2 Å². The van der Waals surface area contributed by atoms with Crippen LogP contribution in [0.1, 0.15) is 15.9 Å². The lowest BCUT2D eigenvalue weighted by atomic mass is 10.0. The maximum Gasteiger partial charge on any atom is 0.182 e. The monoisotopic (exact) mass is 369 g/mol. The number of nitrogens with zero attached hydrogens (tertiary/aromatic N) is 2. The number of nitrogens with one attached hydrogen (secondary N) is 1. The third-order valence-electron chi connectivity index (χ3n) is 4.67. The highest BCUT2D eigenvalue weighted by Gasteiger charge is 2.11. The minimum atomic E-state index is -0.00668. The first-order valence-corrected chi connectivity index (χ1v) is 8.80. The summed E-state index contributed by atoms with van der Waals surface area (Å²) < 4.78 is 1.80. The number of carbonyl (C=O) groups is 1. The molecule has 4 rings (SSSR count). The molecule has 0 unspecified atom stereocenters. The van der Waals surface area contributed by atoms with E-state index >= 15 is 0 Å². The van der Waals surface area contributed by atoms with Gasteiger partial charge in [0.05, 0.1) is 23.9 Å². The average molecular weight is 369 g/mol. The summed E-state index contributed by atoms with van der Waals surface area (Å²) in [7, 11) is 0. The fourth-order valence-corrected chi connectivity index (χ4v) is 3.17. The highest BCUT2D eigenvalue weighted by atomic mass is 16.1. The number of hydrogen-bond acceptors (Lipinski definition) is 4. The third kappa shape index (κ3) is 3.35. The SMILES string of the molecule is N=C(N)c1ccc2c(c1)ncn2CC(=O)c1ccc(-c2cccc(N)c2)cc1. The molecule has 0 aliphatic heterocycles. The van der Waals surface area contributed by atoms with Crippen molar-refractivity contribution in [3.8, 4) is 11.1 Å². The Labute approximate surface area is 161 Å². The van der Waals surface area contributed by atoms with E-state index in [0.717, 1.165) is 16.6 Å². The molecular formula is C22H19N5O. The van der Waals surface area contributed by atoms with Crippen LogP contribution in [0.25, 0.3) is 22.2 Å². The van der Waals surface area contributed by atoms with Crippen LogP contribution in [0.4, 0.5) is 5.69 Å². The topological polar surface area (TPSA) is 111 Å². The van der Waals surface area contributed by atoms with Gasteiger partial charge in [0.25, 0.3) is 0 Å². The maximum atomic E-state index is 12.7. The van der Waals surface area contributed by atoms with Crippen LogP contribution in [-0.2, 0) is 6.54 Å². The summed E-state index contributed by atoms with van der Waals surface area (Å²) in [6, 6.07) is 20.5. The van der Waals surface area contributed by atoms with E-state index in [0.29, 0.717) is 22.3 Å². The van der Waals surface area contributed by atoms with Crippen molar-refractivity contribution in [3.05, 3.63) is 84.2 Å². The highest BCUT2D eigenvalue weighted by Crippen LogP contribution is 2.22. The van der Waals surface area contributed by atoms with Crippen LogP contribution >= 0.6 is 0 Å². The molecule has 5 N–H and O–H groups in total. The molecule has 1 heterocycles. The number of Topliss-reactive ketones (excluding diaryl/α,β-unsaturated/α-hetero) is 1. The normalized spacial score (nSPS) is 10.9. The van der Waals surface area contributed by atoms with E-state index in [9.17, 15) is 4.79 Å². The number of rotatable bonds is 5. The number of ketones is 1. The molecule has 6 heteroatoms. The smallest absolute Gasteiger partial charge is 0.182 e. The fraction of sp³-hybridized carbons (Fsp3) is 0.0455. The second-order valence-corrected chi connectivity index (χ2v) is 6.62. The second kappa shape index (κ2) is 7.00. The van der Waals surface area contributed by atoms with E-state index in [2.05, 4.69) is 4.98 Å². The number of aromatic nitrogens is 2. The number of fused-ring (bicyclic) bond motifs is 1. The van der Waals surface area contributed by atoms with Gasteiger partial charge in [0, 0.05) is 16.8 Å². The zero-order valence-electron chi connectivity index (χ0n) is 15.1. The van der Waals surface area contributed by atoms with Crippen molar-refractivity contribution in [2.75, 3.05) is 5.73 Å². The lowest BCUT2D eigenvalue weighted by Crippen LogP contribution is -2.11. The molecule has 0 atom stereocenters. The molecule has 1 aromatic heterocycles. The quantitative estimate of drug-likeness (QED) is 0.216. The number of nitrogens with two attached hydrogens (primary N) is 2. The minimum Gasteiger partial charge on any atom is -0.399 e. The molecule has 0 aliphatic carbocycles. The molecule has 28 heavy (non-hydrogen) atoms. The molecule has 0 saturated carbocycles. The summed E-state index contributed by atoms with van der Waals surface area (Å²) in [5.74, 6) is -0.0122. The van der Waals surface area contributed by atoms with Gasteiger partial charge in [-0.1, -0.05) is 36.4 Å². The van der Waals surface area contributed by atoms with Crippen LogP contribution in [0, 0.1) is 5.41 Å². The minimum absolute atomic E-state index is 0.00549. The van der Waals surface area contributed by atoms with Gasteiger partial charge in [0.1, 0.15) is 5.84 Å². The molecule has 3 aromatic carbocycles. The lowest BCUT2D eigenvalue weighted by Gasteiger charge is -2.07. The molecule has 0 bridgehead atoms. The predicted octanol–water partition coefficient (Wildman–Crippen LogP) is 3.45. The number of hydrogen-bond donors (Lipinski definition) is 3. The first kappa shape index (κ1) is 17.5. The van der Waals surface area contributed by atoms with Crippen molar-refractivity contribution >= 4 is 28.3 Å².